The van der Waals surface area contributed by atoms with Gasteiger partial charge in [0.1, 0.15) is 6.61 Å². The lowest BCUT2D eigenvalue weighted by molar-refractivity contribution is -0.701. The van der Waals surface area contributed by atoms with Gasteiger partial charge < -0.3 is 10.2 Å². The first-order chi connectivity index (χ1) is 8.88. The highest BCUT2D eigenvalue weighted by Gasteiger charge is 2.27. The zero-order chi connectivity index (χ0) is 14.6. The first kappa shape index (κ1) is 15.0. The molecule has 6 nitrogen and oxygen atoms in total. The van der Waals surface area contributed by atoms with E-state index in [0.717, 1.165) is 0 Å². The number of hydrogen-bond donors (Lipinski definition) is 2. The molecular formula is C13H16NO5+. The highest BCUT2D eigenvalue weighted by molar-refractivity contribution is 5.95. The van der Waals surface area contributed by atoms with E-state index in [1.54, 1.807) is 0 Å². The zero-order valence-corrected chi connectivity index (χ0v) is 10.8. The predicted molar refractivity (Wildman–Crippen MR) is 65.1 cm³/mol. The number of Topliss-reactive ketones (excluding diaryl/α,β-unsaturated/α-hetero) is 2. The summed E-state index contributed by atoms with van der Waals surface area (Å²) in [7, 11) is 0. The maximum atomic E-state index is 11.7. The number of nitrogens with zero attached hydrogens (tertiary/aromatic N) is 1. The van der Waals surface area contributed by atoms with Gasteiger partial charge in [-0.2, -0.15) is 4.57 Å². The predicted octanol–water partition coefficient (Wildman–Crippen LogP) is -0.00130. The summed E-state index contributed by atoms with van der Waals surface area (Å²) < 4.78 is 1.38. The molecule has 0 aliphatic rings. The first-order valence-electron chi connectivity index (χ1n) is 5.78. The van der Waals surface area contributed by atoms with Crippen LogP contribution in [0.3, 0.4) is 0 Å². The number of aliphatic hydroxyl groups is 1. The maximum absolute atomic E-state index is 11.7. The Morgan fingerprint density at radius 2 is 1.79 bits per heavy atom. The summed E-state index contributed by atoms with van der Waals surface area (Å²) >= 11 is 0. The normalized spacial score (nSPS) is 10.3. The second-order valence-corrected chi connectivity index (χ2v) is 4.15. The Balaban J connectivity index is 3.52. The van der Waals surface area contributed by atoms with Gasteiger partial charge in [0, 0.05) is 25.5 Å². The van der Waals surface area contributed by atoms with Crippen molar-refractivity contribution < 1.29 is 29.2 Å². The fourth-order valence-corrected chi connectivity index (χ4v) is 2.00. The molecule has 1 heterocycles. The number of carboxylic acids is 1. The SMILES string of the molecule is CC(=O)c1ccc(CC(=O)O)c(C(C)=O)[n+]1CCO. The Morgan fingerprint density at radius 3 is 2.21 bits per heavy atom. The van der Waals surface area contributed by atoms with Crippen molar-refractivity contribution in [3.8, 4) is 0 Å². The number of carbonyl (C=O) groups excluding carboxylic acids is 2. The van der Waals surface area contributed by atoms with Crippen LogP contribution in [0.5, 0.6) is 0 Å². The van der Waals surface area contributed by atoms with Gasteiger partial charge >= 0.3 is 5.97 Å². The van der Waals surface area contributed by atoms with Crippen LogP contribution in [0.1, 0.15) is 40.4 Å². The molecule has 0 bridgehead atoms. The lowest BCUT2D eigenvalue weighted by Crippen LogP contribution is -2.47. The molecule has 0 aromatic carbocycles. The minimum Gasteiger partial charge on any atom is -0.481 e. The van der Waals surface area contributed by atoms with Crippen molar-refractivity contribution in [3.05, 3.63) is 29.1 Å². The van der Waals surface area contributed by atoms with Gasteiger partial charge in [0.15, 0.2) is 6.54 Å². The van der Waals surface area contributed by atoms with Crippen LogP contribution in [-0.2, 0) is 17.8 Å². The molecule has 6 heteroatoms. The van der Waals surface area contributed by atoms with Crippen molar-refractivity contribution >= 4 is 17.5 Å². The largest absolute Gasteiger partial charge is 0.481 e. The summed E-state index contributed by atoms with van der Waals surface area (Å²) in [6.45, 7) is 2.47. The lowest BCUT2D eigenvalue weighted by atomic mass is 10.0. The molecule has 0 saturated heterocycles. The summed E-state index contributed by atoms with van der Waals surface area (Å²) in [6.07, 6.45) is -0.307. The van der Waals surface area contributed by atoms with Crippen LogP contribution >= 0.6 is 0 Å². The van der Waals surface area contributed by atoms with Crippen molar-refractivity contribution in [1.82, 2.24) is 0 Å². The topological polar surface area (TPSA) is 95.5 Å². The molecule has 0 unspecified atom stereocenters. The highest BCUT2D eigenvalue weighted by atomic mass is 16.4. The summed E-state index contributed by atoms with van der Waals surface area (Å²) in [6, 6.07) is 2.94. The summed E-state index contributed by atoms with van der Waals surface area (Å²) in [5, 5.41) is 17.9. The average molecular weight is 266 g/mol. The van der Waals surface area contributed by atoms with E-state index in [9.17, 15) is 14.4 Å². The van der Waals surface area contributed by atoms with Crippen molar-refractivity contribution in [2.75, 3.05) is 6.61 Å². The third-order valence-electron chi connectivity index (χ3n) is 2.67. The number of carbonyl (C=O) groups is 3. The molecule has 0 aliphatic heterocycles. The van der Waals surface area contributed by atoms with E-state index >= 15 is 0 Å². The summed E-state index contributed by atoms with van der Waals surface area (Å²) in [5.74, 6) is -1.65. The van der Waals surface area contributed by atoms with E-state index in [0.29, 0.717) is 5.56 Å². The zero-order valence-electron chi connectivity index (χ0n) is 10.8. The quantitative estimate of drug-likeness (QED) is 0.558. The number of aliphatic hydroxyl groups excluding tert-OH is 1. The van der Waals surface area contributed by atoms with E-state index in [4.69, 9.17) is 10.2 Å². The molecule has 102 valence electrons. The fourth-order valence-electron chi connectivity index (χ4n) is 2.00. The van der Waals surface area contributed by atoms with Crippen LogP contribution in [0.2, 0.25) is 0 Å². The van der Waals surface area contributed by atoms with Crippen LogP contribution in [0.4, 0.5) is 0 Å². The molecule has 2 N–H and O–H groups in total. The van der Waals surface area contributed by atoms with Crippen molar-refractivity contribution in [2.24, 2.45) is 0 Å². The Kier molecular flexibility index (Phi) is 4.88. The summed E-state index contributed by atoms with van der Waals surface area (Å²) in [4.78, 5) is 34.0. The molecule has 0 aliphatic carbocycles. The molecule has 1 aromatic rings. The molecule has 0 atom stereocenters. The van der Waals surface area contributed by atoms with Gasteiger partial charge in [-0.3, -0.25) is 14.4 Å². The number of hydrogen-bond acceptors (Lipinski definition) is 4. The van der Waals surface area contributed by atoms with E-state index in [1.165, 1.54) is 30.5 Å². The van der Waals surface area contributed by atoms with Gasteiger partial charge in [0.05, 0.1) is 6.42 Å². The Labute approximate surface area is 110 Å². The van der Waals surface area contributed by atoms with E-state index in [-0.39, 0.29) is 42.5 Å². The van der Waals surface area contributed by atoms with E-state index < -0.39 is 5.97 Å². The summed E-state index contributed by atoms with van der Waals surface area (Å²) in [5.41, 5.74) is 0.760. The first-order valence-corrected chi connectivity index (χ1v) is 5.78. The monoisotopic (exact) mass is 266 g/mol. The molecule has 0 amide bonds. The van der Waals surface area contributed by atoms with E-state index in [1.807, 2.05) is 0 Å². The van der Waals surface area contributed by atoms with E-state index in [2.05, 4.69) is 0 Å². The third kappa shape index (κ3) is 3.45. The van der Waals surface area contributed by atoms with Crippen LogP contribution < -0.4 is 4.57 Å². The van der Waals surface area contributed by atoms with Crippen LogP contribution in [-0.4, -0.2) is 34.4 Å². The second kappa shape index (κ2) is 6.19. The minimum absolute atomic E-state index is 0.0668. The van der Waals surface area contributed by atoms with Crippen molar-refractivity contribution in [2.45, 2.75) is 26.8 Å². The van der Waals surface area contributed by atoms with Gasteiger partial charge in [-0.05, 0) is 6.07 Å². The molecule has 0 saturated carbocycles. The molecule has 0 spiro atoms. The van der Waals surface area contributed by atoms with Crippen molar-refractivity contribution in [3.63, 3.8) is 0 Å². The van der Waals surface area contributed by atoms with Gasteiger partial charge in [0.2, 0.25) is 17.3 Å². The van der Waals surface area contributed by atoms with Gasteiger partial charge in [-0.15, -0.1) is 0 Å². The Hall–Kier alpha value is -2.08. The Morgan fingerprint density at radius 1 is 1.16 bits per heavy atom. The number of carboxylic acid groups (broad SMARTS) is 1. The van der Waals surface area contributed by atoms with Crippen LogP contribution in [0.15, 0.2) is 12.1 Å². The number of aromatic nitrogens is 1. The standard InChI is InChI=1S/C13H15NO5/c1-8(16)11-4-3-10(7-12(18)19)13(9(2)17)14(11)5-6-15/h3-4,15H,5-7H2,1-2H3/p+1. The molecular weight excluding hydrogens is 250 g/mol. The van der Waals surface area contributed by atoms with Gasteiger partial charge in [-0.1, -0.05) is 0 Å². The lowest BCUT2D eigenvalue weighted by Gasteiger charge is -2.08. The fraction of sp³-hybridized carbons (Fsp3) is 0.385. The van der Waals surface area contributed by atoms with Gasteiger partial charge in [0.25, 0.3) is 5.69 Å². The maximum Gasteiger partial charge on any atom is 0.308 e. The van der Waals surface area contributed by atoms with Crippen molar-refractivity contribution in [1.29, 1.82) is 0 Å². The molecule has 19 heavy (non-hydrogen) atoms. The Bertz CT molecular complexity index is 536. The van der Waals surface area contributed by atoms with Crippen LogP contribution in [0, 0.1) is 0 Å². The number of pyridine rings is 1. The third-order valence-corrected chi connectivity index (χ3v) is 2.67. The highest BCUT2D eigenvalue weighted by Crippen LogP contribution is 2.09. The number of rotatable bonds is 6. The smallest absolute Gasteiger partial charge is 0.308 e. The molecule has 0 radical (unpaired) electrons. The minimum atomic E-state index is -1.06. The average Bonchev–Trinajstić information content (AvgIpc) is 2.27. The second-order valence-electron chi connectivity index (χ2n) is 4.15. The molecule has 1 aromatic heterocycles. The molecule has 1 rings (SSSR count). The van der Waals surface area contributed by atoms with Crippen LogP contribution in [0.25, 0.3) is 0 Å². The van der Waals surface area contributed by atoms with Gasteiger partial charge in [-0.25, -0.2) is 0 Å². The molecule has 0 fully saturated rings. The number of aliphatic carboxylic acids is 1. The number of ketones is 2.